The quantitative estimate of drug-likeness (QED) is 0.820. The average molecular weight is 269 g/mol. The van der Waals surface area contributed by atoms with Gasteiger partial charge in [0.2, 0.25) is 5.91 Å². The van der Waals surface area contributed by atoms with Gasteiger partial charge in [0.15, 0.2) is 0 Å². The maximum Gasteiger partial charge on any atom is 0.312 e. The average Bonchev–Trinajstić information content (AvgIpc) is 2.41. The van der Waals surface area contributed by atoms with Gasteiger partial charge in [0.25, 0.3) is 0 Å². The Kier molecular flexibility index (Phi) is 4.50. The molecule has 4 nitrogen and oxygen atoms in total. The van der Waals surface area contributed by atoms with Crippen LogP contribution < -0.4 is 5.32 Å². The highest BCUT2D eigenvalue weighted by molar-refractivity contribution is 6.01. The van der Waals surface area contributed by atoms with E-state index >= 15 is 0 Å². The number of anilines is 1. The first kappa shape index (κ1) is 13.8. The van der Waals surface area contributed by atoms with E-state index in [0.717, 1.165) is 11.1 Å². The minimum atomic E-state index is -1.14. The Labute approximate surface area is 117 Å². The summed E-state index contributed by atoms with van der Waals surface area (Å²) in [4.78, 5) is 22.1. The van der Waals surface area contributed by atoms with Gasteiger partial charge >= 0.3 is 5.97 Å². The molecule has 102 valence electrons. The van der Waals surface area contributed by atoms with E-state index in [4.69, 9.17) is 5.11 Å². The molecule has 0 heterocycles. The minimum absolute atomic E-state index is 0.516. The van der Waals surface area contributed by atoms with Crippen molar-refractivity contribution < 1.29 is 14.7 Å². The largest absolute Gasteiger partial charge is 0.481 e. The number of benzene rings is 2. The molecule has 0 bridgehead atoms. The predicted octanol–water partition coefficient (Wildman–Crippen LogP) is 2.69. The summed E-state index contributed by atoms with van der Waals surface area (Å²) in [5.74, 6) is -1.65. The van der Waals surface area contributed by atoms with Crippen LogP contribution in [0.25, 0.3) is 0 Å². The standard InChI is InChI=1S/C16H15NO3/c18-15(11-16(19)20)17-14-9-5-4-8-13(14)10-12-6-2-1-3-7-12/h1-9H,10-11H2,(H,17,18)(H,19,20). The third-order valence-electron chi connectivity index (χ3n) is 2.84. The third kappa shape index (κ3) is 3.95. The van der Waals surface area contributed by atoms with Crippen LogP contribution in [0.15, 0.2) is 54.6 Å². The molecule has 0 aromatic heterocycles. The number of carbonyl (C=O) groups is 2. The zero-order chi connectivity index (χ0) is 14.4. The van der Waals surface area contributed by atoms with Crippen molar-refractivity contribution in [3.05, 3.63) is 65.7 Å². The highest BCUT2D eigenvalue weighted by Crippen LogP contribution is 2.19. The molecule has 0 radical (unpaired) electrons. The van der Waals surface area contributed by atoms with Gasteiger partial charge < -0.3 is 10.4 Å². The molecule has 0 saturated heterocycles. The van der Waals surface area contributed by atoms with Crippen molar-refractivity contribution in [2.75, 3.05) is 5.32 Å². The van der Waals surface area contributed by atoms with E-state index in [1.165, 1.54) is 0 Å². The summed E-state index contributed by atoms with van der Waals surface area (Å²) in [5, 5.41) is 11.2. The molecular weight excluding hydrogens is 254 g/mol. The number of aliphatic carboxylic acids is 1. The summed E-state index contributed by atoms with van der Waals surface area (Å²) >= 11 is 0. The molecule has 0 aliphatic carbocycles. The Morgan fingerprint density at radius 3 is 2.30 bits per heavy atom. The lowest BCUT2D eigenvalue weighted by atomic mass is 10.0. The van der Waals surface area contributed by atoms with Crippen molar-refractivity contribution in [2.24, 2.45) is 0 Å². The zero-order valence-corrected chi connectivity index (χ0v) is 10.9. The summed E-state index contributed by atoms with van der Waals surface area (Å²) in [6.45, 7) is 0. The molecule has 2 rings (SSSR count). The van der Waals surface area contributed by atoms with Crippen LogP contribution in [-0.2, 0) is 16.0 Å². The summed E-state index contributed by atoms with van der Waals surface area (Å²) in [7, 11) is 0. The summed E-state index contributed by atoms with van der Waals surface area (Å²) in [6.07, 6.45) is 0.157. The van der Waals surface area contributed by atoms with Crippen LogP contribution in [0.5, 0.6) is 0 Å². The van der Waals surface area contributed by atoms with Gasteiger partial charge in [0.1, 0.15) is 6.42 Å². The Morgan fingerprint density at radius 1 is 0.950 bits per heavy atom. The van der Waals surface area contributed by atoms with Gasteiger partial charge in [-0.2, -0.15) is 0 Å². The van der Waals surface area contributed by atoms with Crippen molar-refractivity contribution >= 4 is 17.6 Å². The third-order valence-corrected chi connectivity index (χ3v) is 2.84. The summed E-state index contributed by atoms with van der Waals surface area (Å²) < 4.78 is 0. The smallest absolute Gasteiger partial charge is 0.312 e. The first-order chi connectivity index (χ1) is 9.65. The Hall–Kier alpha value is -2.62. The second-order valence-electron chi connectivity index (χ2n) is 4.44. The topological polar surface area (TPSA) is 66.4 Å². The fourth-order valence-electron chi connectivity index (χ4n) is 1.94. The summed E-state index contributed by atoms with van der Waals surface area (Å²) in [5.41, 5.74) is 2.74. The Morgan fingerprint density at radius 2 is 1.60 bits per heavy atom. The van der Waals surface area contributed by atoms with Crippen molar-refractivity contribution in [1.82, 2.24) is 0 Å². The van der Waals surface area contributed by atoms with E-state index in [2.05, 4.69) is 5.32 Å². The molecule has 0 aliphatic rings. The molecule has 0 fully saturated rings. The van der Waals surface area contributed by atoms with Crippen LogP contribution in [0.3, 0.4) is 0 Å². The van der Waals surface area contributed by atoms with Gasteiger partial charge in [-0.15, -0.1) is 0 Å². The molecule has 0 spiro atoms. The molecule has 4 heteroatoms. The number of hydrogen-bond acceptors (Lipinski definition) is 2. The van der Waals surface area contributed by atoms with Crippen LogP contribution in [0.1, 0.15) is 17.5 Å². The molecule has 0 saturated carbocycles. The molecule has 2 aromatic rings. The minimum Gasteiger partial charge on any atom is -0.481 e. The van der Waals surface area contributed by atoms with Gasteiger partial charge in [-0.25, -0.2) is 0 Å². The molecule has 0 unspecified atom stereocenters. The van der Waals surface area contributed by atoms with Crippen molar-refractivity contribution in [3.63, 3.8) is 0 Å². The molecular formula is C16H15NO3. The van der Waals surface area contributed by atoms with Crippen LogP contribution in [0.2, 0.25) is 0 Å². The van der Waals surface area contributed by atoms with Crippen LogP contribution in [0, 0.1) is 0 Å². The highest BCUT2D eigenvalue weighted by Gasteiger charge is 2.10. The van der Waals surface area contributed by atoms with Gasteiger partial charge in [-0.05, 0) is 23.6 Å². The van der Waals surface area contributed by atoms with Gasteiger partial charge in [-0.1, -0.05) is 48.5 Å². The number of nitrogens with one attached hydrogen (secondary N) is 1. The number of carbonyl (C=O) groups excluding carboxylic acids is 1. The maximum atomic E-state index is 11.5. The maximum absolute atomic E-state index is 11.5. The van der Waals surface area contributed by atoms with Gasteiger partial charge in [-0.3, -0.25) is 9.59 Å². The predicted molar refractivity (Wildman–Crippen MR) is 76.6 cm³/mol. The molecule has 20 heavy (non-hydrogen) atoms. The number of para-hydroxylation sites is 1. The van der Waals surface area contributed by atoms with E-state index in [9.17, 15) is 9.59 Å². The fraction of sp³-hybridized carbons (Fsp3) is 0.125. The Bertz CT molecular complexity index is 608. The number of carboxylic acids is 1. The molecule has 0 aliphatic heterocycles. The van der Waals surface area contributed by atoms with Crippen LogP contribution in [0.4, 0.5) is 5.69 Å². The lowest BCUT2D eigenvalue weighted by molar-refractivity contribution is -0.139. The number of hydrogen-bond donors (Lipinski definition) is 2. The fourth-order valence-corrected chi connectivity index (χ4v) is 1.94. The van der Waals surface area contributed by atoms with Crippen LogP contribution >= 0.6 is 0 Å². The van der Waals surface area contributed by atoms with Gasteiger partial charge in [0.05, 0.1) is 0 Å². The first-order valence-corrected chi connectivity index (χ1v) is 6.28. The summed E-state index contributed by atoms with van der Waals surface area (Å²) in [6, 6.07) is 17.3. The monoisotopic (exact) mass is 269 g/mol. The van der Waals surface area contributed by atoms with E-state index in [1.54, 1.807) is 6.07 Å². The van der Waals surface area contributed by atoms with E-state index in [0.29, 0.717) is 12.1 Å². The normalized spacial score (nSPS) is 10.0. The second kappa shape index (κ2) is 6.52. The van der Waals surface area contributed by atoms with E-state index in [1.807, 2.05) is 48.5 Å². The first-order valence-electron chi connectivity index (χ1n) is 6.28. The zero-order valence-electron chi connectivity index (χ0n) is 10.9. The van der Waals surface area contributed by atoms with Crippen molar-refractivity contribution in [3.8, 4) is 0 Å². The molecule has 1 amide bonds. The Balaban J connectivity index is 2.14. The van der Waals surface area contributed by atoms with Crippen LogP contribution in [-0.4, -0.2) is 17.0 Å². The number of rotatable bonds is 5. The lowest BCUT2D eigenvalue weighted by Gasteiger charge is -2.10. The molecule has 2 N–H and O–H groups in total. The van der Waals surface area contributed by atoms with Gasteiger partial charge in [0, 0.05) is 5.69 Å². The van der Waals surface area contributed by atoms with Crippen molar-refractivity contribution in [1.29, 1.82) is 0 Å². The lowest BCUT2D eigenvalue weighted by Crippen LogP contribution is -2.16. The van der Waals surface area contributed by atoms with Crippen molar-refractivity contribution in [2.45, 2.75) is 12.8 Å². The SMILES string of the molecule is O=C(O)CC(=O)Nc1ccccc1Cc1ccccc1. The second-order valence-corrected chi connectivity index (χ2v) is 4.44. The molecule has 2 aromatic carbocycles. The van der Waals surface area contributed by atoms with E-state index in [-0.39, 0.29) is 0 Å². The highest BCUT2D eigenvalue weighted by atomic mass is 16.4. The number of amides is 1. The van der Waals surface area contributed by atoms with E-state index < -0.39 is 18.3 Å². The molecule has 0 atom stereocenters. The number of carboxylic acid groups (broad SMARTS) is 1.